The van der Waals surface area contributed by atoms with E-state index in [1.54, 1.807) is 0 Å². The second-order valence-electron chi connectivity index (χ2n) is 24.5. The Labute approximate surface area is 515 Å². The van der Waals surface area contributed by atoms with Gasteiger partial charge in [-0.1, -0.05) is 332 Å². The van der Waals surface area contributed by atoms with E-state index in [9.17, 15) is 19.0 Å². The maximum absolute atomic E-state index is 12.8. The average molecular weight is 1190 g/mol. The summed E-state index contributed by atoms with van der Waals surface area (Å²) >= 11 is 0. The van der Waals surface area contributed by atoms with Crippen LogP contribution in [0.4, 0.5) is 0 Å². The highest BCUT2D eigenvalue weighted by Gasteiger charge is 2.26. The number of hydrogen-bond acceptors (Lipinski definition) is 8. The summed E-state index contributed by atoms with van der Waals surface area (Å²) in [5.74, 6) is -0.810. The van der Waals surface area contributed by atoms with Crippen molar-refractivity contribution in [3.63, 3.8) is 0 Å². The zero-order valence-corrected chi connectivity index (χ0v) is 55.8. The number of carbonyl (C=O) groups is 2. The van der Waals surface area contributed by atoms with Crippen LogP contribution in [-0.2, 0) is 32.7 Å². The highest BCUT2D eigenvalue weighted by atomic mass is 31.2. The normalized spacial score (nSPS) is 13.2. The number of carbonyl (C=O) groups excluding carboxylic acids is 2. The topological polar surface area (TPSA) is 134 Å². The fourth-order valence-electron chi connectivity index (χ4n) is 10.8. The number of ether oxygens (including phenoxy) is 2. The van der Waals surface area contributed by atoms with E-state index in [1.807, 2.05) is 0 Å². The lowest BCUT2D eigenvalue weighted by Gasteiger charge is -2.19. The minimum atomic E-state index is -4.39. The zero-order chi connectivity index (χ0) is 60.1. The molecule has 9 nitrogen and oxygen atoms in total. The van der Waals surface area contributed by atoms with Gasteiger partial charge in [-0.25, -0.2) is 4.57 Å². The Bertz CT molecular complexity index is 1500. The zero-order valence-electron chi connectivity index (χ0n) is 55.0. The van der Waals surface area contributed by atoms with Crippen LogP contribution in [0.15, 0.2) is 48.6 Å². The molecule has 0 rings (SSSR count). The summed E-state index contributed by atoms with van der Waals surface area (Å²) in [5.41, 5.74) is 5.40. The molecule has 0 aliphatic carbocycles. The number of hydrogen-bond donors (Lipinski definition) is 2. The van der Waals surface area contributed by atoms with Gasteiger partial charge in [0.15, 0.2) is 6.10 Å². The Morgan fingerprint density at radius 2 is 0.627 bits per heavy atom. The van der Waals surface area contributed by atoms with E-state index in [2.05, 4.69) is 62.5 Å². The van der Waals surface area contributed by atoms with E-state index in [-0.39, 0.29) is 38.6 Å². The van der Waals surface area contributed by atoms with Crippen molar-refractivity contribution in [3.8, 4) is 0 Å². The van der Waals surface area contributed by atoms with Crippen LogP contribution < -0.4 is 5.73 Å². The Balaban J connectivity index is 3.76. The van der Waals surface area contributed by atoms with Crippen molar-refractivity contribution in [2.75, 3.05) is 26.4 Å². The van der Waals surface area contributed by atoms with E-state index in [4.69, 9.17) is 24.3 Å². The Morgan fingerprint density at radius 1 is 0.361 bits per heavy atom. The molecule has 83 heavy (non-hydrogen) atoms. The standard InChI is InChI=1S/C73H138NO8P/c1-3-5-7-9-11-13-15-17-19-21-23-25-26-27-28-29-30-31-32-33-34-35-36-37-38-39-40-41-42-43-44-46-48-50-52-54-56-58-60-62-64-66-73(76)82-71(70-81-83(77,78)80-68-67-74)69-79-72(75)65-63-61-59-57-55-53-51-49-47-45-24-22-20-18-16-14-12-10-8-6-4-2/h15,17,21-24,26-27,71H,3-14,16,18-20,25,28-70,74H2,1-2H3,(H,77,78)/b17-15-,23-21-,24-22-,27-26-. The molecule has 0 bridgehead atoms. The highest BCUT2D eigenvalue weighted by molar-refractivity contribution is 7.47. The van der Waals surface area contributed by atoms with Crippen molar-refractivity contribution in [2.24, 2.45) is 5.73 Å². The molecule has 0 fully saturated rings. The number of unbranched alkanes of at least 4 members (excludes halogenated alkanes) is 48. The second kappa shape index (κ2) is 69.1. The number of phosphoric acid groups is 1. The molecule has 2 atom stereocenters. The summed E-state index contributed by atoms with van der Waals surface area (Å²) < 4.78 is 33.2. The van der Waals surface area contributed by atoms with Gasteiger partial charge in [0.2, 0.25) is 0 Å². The largest absolute Gasteiger partial charge is 0.472 e. The van der Waals surface area contributed by atoms with Gasteiger partial charge in [0, 0.05) is 19.4 Å². The van der Waals surface area contributed by atoms with Crippen molar-refractivity contribution >= 4 is 19.8 Å². The van der Waals surface area contributed by atoms with Gasteiger partial charge in [0.1, 0.15) is 6.61 Å². The lowest BCUT2D eigenvalue weighted by molar-refractivity contribution is -0.161. The molecule has 0 aliphatic rings. The molecule has 0 saturated heterocycles. The number of allylic oxidation sites excluding steroid dienone is 8. The van der Waals surface area contributed by atoms with Gasteiger partial charge in [-0.3, -0.25) is 18.6 Å². The van der Waals surface area contributed by atoms with E-state index >= 15 is 0 Å². The first-order chi connectivity index (χ1) is 40.8. The average Bonchev–Trinajstić information content (AvgIpc) is 3.49. The van der Waals surface area contributed by atoms with Gasteiger partial charge in [-0.05, 0) is 77.0 Å². The lowest BCUT2D eigenvalue weighted by atomic mass is 10.0. The molecule has 0 aromatic heterocycles. The van der Waals surface area contributed by atoms with Gasteiger partial charge in [-0.15, -0.1) is 0 Å². The smallest absolute Gasteiger partial charge is 0.462 e. The number of rotatable bonds is 69. The molecular formula is C73H138NO8P. The van der Waals surface area contributed by atoms with Gasteiger partial charge in [0.25, 0.3) is 0 Å². The SMILES string of the molecule is CCCCCCC/C=C\C/C=C\C/C=C\CCCCCCCCCCCCCCCCCCCCCCCCCCCCC(=O)OC(COC(=O)CCCCCCCCCCC/C=C\CCCCCCCCCC)COP(=O)(O)OCCN. The van der Waals surface area contributed by atoms with Crippen LogP contribution in [0.3, 0.4) is 0 Å². The number of nitrogens with two attached hydrogens (primary N) is 1. The van der Waals surface area contributed by atoms with Crippen LogP contribution in [0.1, 0.15) is 373 Å². The molecule has 488 valence electrons. The maximum Gasteiger partial charge on any atom is 0.472 e. The second-order valence-corrected chi connectivity index (χ2v) is 25.9. The Kier molecular flexibility index (Phi) is 67.4. The molecule has 3 N–H and O–H groups in total. The first kappa shape index (κ1) is 81.0. The molecule has 0 aromatic carbocycles. The van der Waals surface area contributed by atoms with Crippen LogP contribution in [0.2, 0.25) is 0 Å². The van der Waals surface area contributed by atoms with Crippen LogP contribution in [-0.4, -0.2) is 49.3 Å². The van der Waals surface area contributed by atoms with E-state index in [1.165, 1.54) is 295 Å². The van der Waals surface area contributed by atoms with Gasteiger partial charge in [-0.2, -0.15) is 0 Å². The summed E-state index contributed by atoms with van der Waals surface area (Å²) in [6.45, 7) is 3.79. The summed E-state index contributed by atoms with van der Waals surface area (Å²) in [6, 6.07) is 0. The van der Waals surface area contributed by atoms with Crippen LogP contribution >= 0.6 is 7.82 Å². The van der Waals surface area contributed by atoms with Crippen molar-refractivity contribution in [1.82, 2.24) is 0 Å². The van der Waals surface area contributed by atoms with E-state index in [0.29, 0.717) is 6.42 Å². The number of phosphoric ester groups is 1. The molecule has 0 spiro atoms. The van der Waals surface area contributed by atoms with Crippen molar-refractivity contribution in [3.05, 3.63) is 48.6 Å². The molecule has 0 aromatic rings. The van der Waals surface area contributed by atoms with E-state index in [0.717, 1.165) is 44.9 Å². The van der Waals surface area contributed by atoms with E-state index < -0.39 is 26.5 Å². The first-order valence-corrected chi connectivity index (χ1v) is 37.6. The minimum absolute atomic E-state index is 0.0551. The van der Waals surface area contributed by atoms with Gasteiger partial charge in [0.05, 0.1) is 13.2 Å². The fraction of sp³-hybridized carbons (Fsp3) is 0.863. The van der Waals surface area contributed by atoms with Crippen molar-refractivity contribution < 1.29 is 37.6 Å². The summed E-state index contributed by atoms with van der Waals surface area (Å²) in [7, 11) is -4.39. The summed E-state index contributed by atoms with van der Waals surface area (Å²) in [5, 5.41) is 0. The summed E-state index contributed by atoms with van der Waals surface area (Å²) in [6.07, 6.45) is 88.0. The first-order valence-electron chi connectivity index (χ1n) is 36.1. The molecule has 0 radical (unpaired) electrons. The monoisotopic (exact) mass is 1190 g/mol. The molecule has 2 unspecified atom stereocenters. The number of esters is 2. The molecule has 0 aliphatic heterocycles. The molecule has 10 heteroatoms. The quantitative estimate of drug-likeness (QED) is 0.0264. The van der Waals surface area contributed by atoms with Crippen LogP contribution in [0.5, 0.6) is 0 Å². The third-order valence-corrected chi connectivity index (χ3v) is 17.2. The summed E-state index contributed by atoms with van der Waals surface area (Å²) in [4.78, 5) is 35.3. The molecule has 0 amide bonds. The molecule has 0 heterocycles. The third kappa shape index (κ3) is 68.9. The van der Waals surface area contributed by atoms with Crippen molar-refractivity contribution in [2.45, 2.75) is 380 Å². The highest BCUT2D eigenvalue weighted by Crippen LogP contribution is 2.43. The molecular weight excluding hydrogens is 1050 g/mol. The predicted octanol–water partition coefficient (Wildman–Crippen LogP) is 23.6. The predicted molar refractivity (Wildman–Crippen MR) is 358 cm³/mol. The Morgan fingerprint density at radius 3 is 0.940 bits per heavy atom. The maximum atomic E-state index is 12.8. The third-order valence-electron chi connectivity index (χ3n) is 16.2. The van der Waals surface area contributed by atoms with Gasteiger partial charge >= 0.3 is 19.8 Å². The van der Waals surface area contributed by atoms with Crippen LogP contribution in [0, 0.1) is 0 Å². The van der Waals surface area contributed by atoms with Gasteiger partial charge < -0.3 is 20.1 Å². The minimum Gasteiger partial charge on any atom is -0.462 e. The molecule has 0 saturated carbocycles. The Hall–Kier alpha value is -2.03. The lowest BCUT2D eigenvalue weighted by Crippen LogP contribution is -2.29. The van der Waals surface area contributed by atoms with Crippen LogP contribution in [0.25, 0.3) is 0 Å². The fourth-order valence-corrected chi connectivity index (χ4v) is 11.6. The van der Waals surface area contributed by atoms with Crippen molar-refractivity contribution in [1.29, 1.82) is 0 Å².